The van der Waals surface area contributed by atoms with Crippen LogP contribution in [-0.2, 0) is 9.47 Å². The maximum atomic E-state index is 13.4. The zero-order valence-electron chi connectivity index (χ0n) is 18.7. The minimum atomic E-state index is -0.525. The fourth-order valence-electron chi connectivity index (χ4n) is 3.96. The Morgan fingerprint density at radius 3 is 2.69 bits per heavy atom. The second-order valence-electron chi connectivity index (χ2n) is 9.20. The molecule has 2 aromatic rings. The molecule has 4 rings (SSSR count). The highest BCUT2D eigenvalue weighted by Crippen LogP contribution is 2.33. The van der Waals surface area contributed by atoms with E-state index in [0.29, 0.717) is 50.2 Å². The van der Waals surface area contributed by atoms with Crippen LogP contribution in [0.3, 0.4) is 0 Å². The molecule has 2 aliphatic heterocycles. The van der Waals surface area contributed by atoms with Gasteiger partial charge in [0.2, 0.25) is 5.88 Å². The summed E-state index contributed by atoms with van der Waals surface area (Å²) in [6, 6.07) is 5.90. The minimum absolute atomic E-state index is 0.296. The topological polar surface area (TPSA) is 77.0 Å². The van der Waals surface area contributed by atoms with Crippen LogP contribution < -0.4 is 9.64 Å². The van der Waals surface area contributed by atoms with Gasteiger partial charge in [0.25, 0.3) is 0 Å². The van der Waals surface area contributed by atoms with Gasteiger partial charge in [-0.25, -0.2) is 9.18 Å². The molecule has 0 radical (unpaired) electrons. The zero-order valence-corrected chi connectivity index (χ0v) is 18.7. The summed E-state index contributed by atoms with van der Waals surface area (Å²) in [7, 11) is 0. The number of nitrogens with zero attached hydrogens (tertiary/aromatic N) is 4. The second kappa shape index (κ2) is 8.90. The average molecular weight is 445 g/mol. The predicted octanol–water partition coefficient (Wildman–Crippen LogP) is 4.01. The number of amides is 1. The lowest BCUT2D eigenvalue weighted by molar-refractivity contribution is -0.119. The first kappa shape index (κ1) is 22.3. The Balaban J connectivity index is 1.37. The number of carbonyl (C=O) groups is 1. The molecule has 3 heterocycles. The summed E-state index contributed by atoms with van der Waals surface area (Å²) in [5.74, 6) is 0.986. The Kier molecular flexibility index (Phi) is 6.19. The van der Waals surface area contributed by atoms with Crippen molar-refractivity contribution in [3.8, 4) is 11.6 Å². The number of ether oxygens (including phenoxy) is 3. The first-order valence-electron chi connectivity index (χ1n) is 10.8. The van der Waals surface area contributed by atoms with Gasteiger partial charge < -0.3 is 24.0 Å². The molecule has 1 spiro atoms. The van der Waals surface area contributed by atoms with Crippen molar-refractivity contribution >= 4 is 11.9 Å². The summed E-state index contributed by atoms with van der Waals surface area (Å²) in [5, 5.41) is 0. The number of piperidine rings is 1. The van der Waals surface area contributed by atoms with Gasteiger partial charge in [-0.05, 0) is 45.7 Å². The lowest BCUT2D eigenvalue weighted by Gasteiger charge is -2.47. The van der Waals surface area contributed by atoms with Gasteiger partial charge in [0.15, 0.2) is 5.82 Å². The number of halogens is 1. The van der Waals surface area contributed by atoms with E-state index in [1.54, 1.807) is 23.2 Å². The molecule has 0 aliphatic carbocycles. The maximum absolute atomic E-state index is 13.4. The lowest BCUT2D eigenvalue weighted by Crippen LogP contribution is -2.58. The molecule has 2 fully saturated rings. The molecule has 1 aromatic carbocycles. The molecule has 0 unspecified atom stereocenters. The Labute approximate surface area is 187 Å². The van der Waals surface area contributed by atoms with Crippen molar-refractivity contribution in [3.63, 3.8) is 0 Å². The Morgan fingerprint density at radius 2 is 1.97 bits per heavy atom. The molecule has 0 atom stereocenters. The van der Waals surface area contributed by atoms with Gasteiger partial charge in [0.1, 0.15) is 17.2 Å². The normalized spacial score (nSPS) is 18.5. The summed E-state index contributed by atoms with van der Waals surface area (Å²) >= 11 is 0. The van der Waals surface area contributed by atoms with Gasteiger partial charge >= 0.3 is 6.09 Å². The van der Waals surface area contributed by atoms with Gasteiger partial charge in [-0.3, -0.25) is 4.98 Å². The largest absolute Gasteiger partial charge is 0.444 e. The Morgan fingerprint density at radius 1 is 1.19 bits per heavy atom. The second-order valence-corrected chi connectivity index (χ2v) is 9.20. The van der Waals surface area contributed by atoms with Crippen LogP contribution >= 0.6 is 0 Å². The third-order valence-electron chi connectivity index (χ3n) is 5.52. The molecular formula is C23H29FN4O4. The molecule has 9 heteroatoms. The van der Waals surface area contributed by atoms with E-state index in [0.717, 1.165) is 12.8 Å². The van der Waals surface area contributed by atoms with Crippen LogP contribution in [0.15, 0.2) is 36.7 Å². The standard InChI is InChI=1S/C23H29FN4O4/c1-22(2,3)32-21(29)28-11-12-30-23(16-28)7-9-27(10-8-23)19-14-25-15-20(26-19)31-18-6-4-5-17(24)13-18/h4-6,13-15H,7-12,16H2,1-3H3. The number of benzene rings is 1. The lowest BCUT2D eigenvalue weighted by atomic mass is 9.89. The molecule has 0 bridgehead atoms. The molecule has 1 aromatic heterocycles. The quantitative estimate of drug-likeness (QED) is 0.708. The number of morpholine rings is 1. The molecule has 2 saturated heterocycles. The predicted molar refractivity (Wildman–Crippen MR) is 116 cm³/mol. The van der Waals surface area contributed by atoms with E-state index >= 15 is 0 Å². The highest BCUT2D eigenvalue weighted by molar-refractivity contribution is 5.68. The summed E-state index contributed by atoms with van der Waals surface area (Å²) in [6.45, 7) is 8.57. The molecular weight excluding hydrogens is 415 g/mol. The third-order valence-corrected chi connectivity index (χ3v) is 5.52. The van der Waals surface area contributed by atoms with E-state index in [1.807, 2.05) is 20.8 Å². The molecule has 0 N–H and O–H groups in total. The van der Waals surface area contributed by atoms with Gasteiger partial charge in [0.05, 0.1) is 31.1 Å². The maximum Gasteiger partial charge on any atom is 0.410 e. The van der Waals surface area contributed by atoms with Crippen LogP contribution in [0, 0.1) is 5.82 Å². The van der Waals surface area contributed by atoms with Gasteiger partial charge in [-0.15, -0.1) is 0 Å². The van der Waals surface area contributed by atoms with Crippen molar-refractivity contribution in [1.29, 1.82) is 0 Å². The average Bonchev–Trinajstić information content (AvgIpc) is 2.73. The monoisotopic (exact) mass is 444 g/mol. The molecule has 2 aliphatic rings. The third kappa shape index (κ3) is 5.45. The van der Waals surface area contributed by atoms with E-state index in [2.05, 4.69) is 14.9 Å². The molecule has 1 amide bonds. The van der Waals surface area contributed by atoms with Crippen LogP contribution in [0.5, 0.6) is 11.6 Å². The smallest absolute Gasteiger partial charge is 0.410 e. The number of aromatic nitrogens is 2. The van der Waals surface area contributed by atoms with Crippen molar-refractivity contribution in [2.45, 2.75) is 44.8 Å². The molecule has 0 saturated carbocycles. The molecule has 8 nitrogen and oxygen atoms in total. The number of rotatable bonds is 3. The van der Waals surface area contributed by atoms with Crippen LogP contribution in [0.2, 0.25) is 0 Å². The van der Waals surface area contributed by atoms with Gasteiger partial charge in [0, 0.05) is 25.7 Å². The van der Waals surface area contributed by atoms with Crippen LogP contribution in [-0.4, -0.2) is 64.9 Å². The molecule has 32 heavy (non-hydrogen) atoms. The van der Waals surface area contributed by atoms with Crippen LogP contribution in [0.4, 0.5) is 15.0 Å². The Hall–Kier alpha value is -2.94. The summed E-state index contributed by atoms with van der Waals surface area (Å²) in [6.07, 6.45) is 4.40. The number of hydrogen-bond acceptors (Lipinski definition) is 7. The van der Waals surface area contributed by atoms with E-state index in [-0.39, 0.29) is 17.5 Å². The van der Waals surface area contributed by atoms with Crippen molar-refractivity contribution < 1.29 is 23.4 Å². The first-order valence-corrected chi connectivity index (χ1v) is 10.8. The van der Waals surface area contributed by atoms with E-state index < -0.39 is 5.60 Å². The van der Waals surface area contributed by atoms with Crippen LogP contribution in [0.25, 0.3) is 0 Å². The van der Waals surface area contributed by atoms with E-state index in [4.69, 9.17) is 14.2 Å². The fraction of sp³-hybridized carbons (Fsp3) is 0.522. The fourth-order valence-corrected chi connectivity index (χ4v) is 3.96. The first-order chi connectivity index (χ1) is 15.2. The zero-order chi connectivity index (χ0) is 22.8. The van der Waals surface area contributed by atoms with Gasteiger partial charge in [-0.1, -0.05) is 6.07 Å². The van der Waals surface area contributed by atoms with Crippen molar-refractivity contribution in [2.24, 2.45) is 0 Å². The van der Waals surface area contributed by atoms with Crippen molar-refractivity contribution in [1.82, 2.24) is 14.9 Å². The highest BCUT2D eigenvalue weighted by Gasteiger charge is 2.42. The summed E-state index contributed by atoms with van der Waals surface area (Å²) in [4.78, 5) is 25.1. The van der Waals surface area contributed by atoms with Crippen LogP contribution in [0.1, 0.15) is 33.6 Å². The Bertz CT molecular complexity index is 957. The highest BCUT2D eigenvalue weighted by atomic mass is 19.1. The SMILES string of the molecule is CC(C)(C)OC(=O)N1CCOC2(CCN(c3cncc(Oc4cccc(F)c4)n3)CC2)C1. The number of carbonyl (C=O) groups excluding carboxylic acids is 1. The molecule has 172 valence electrons. The van der Waals surface area contributed by atoms with Crippen molar-refractivity contribution in [3.05, 3.63) is 42.5 Å². The minimum Gasteiger partial charge on any atom is -0.444 e. The van der Waals surface area contributed by atoms with Gasteiger partial charge in [-0.2, -0.15) is 4.98 Å². The van der Waals surface area contributed by atoms with E-state index in [1.165, 1.54) is 18.3 Å². The van der Waals surface area contributed by atoms with E-state index in [9.17, 15) is 9.18 Å². The summed E-state index contributed by atoms with van der Waals surface area (Å²) < 4.78 is 30.7. The number of anilines is 1. The summed E-state index contributed by atoms with van der Waals surface area (Å²) in [5.41, 5.74) is -0.905. The number of hydrogen-bond donors (Lipinski definition) is 0. The van der Waals surface area contributed by atoms with Crippen molar-refractivity contribution in [2.75, 3.05) is 37.7 Å².